The summed E-state index contributed by atoms with van der Waals surface area (Å²) < 4.78 is 52.1. The standard InChI is InChI=1S/C23H27ClN2O11S/c1-5-33-20(27)13(3)36-22(29)16-10-19(17(24)11-18(16)25-12-15-8-7-9-35-15)38(31,32)26-23(30)37-14(4)21(28)34-6-2/h7-11,13-14,25H,5-6,12H2,1-4H3,(H,26,30). The quantitative estimate of drug-likeness (QED) is 0.280. The number of hydrogen-bond acceptors (Lipinski definition) is 12. The molecule has 0 aliphatic rings. The molecule has 0 radical (unpaired) electrons. The number of amides is 1. The Morgan fingerprint density at radius 3 is 2.16 bits per heavy atom. The molecule has 0 fully saturated rings. The molecule has 208 valence electrons. The number of anilines is 1. The molecule has 0 aliphatic heterocycles. The zero-order chi connectivity index (χ0) is 28.5. The second-order valence-electron chi connectivity index (χ2n) is 7.47. The molecule has 0 spiro atoms. The Morgan fingerprint density at radius 2 is 1.61 bits per heavy atom. The maximum absolute atomic E-state index is 12.9. The number of esters is 3. The lowest BCUT2D eigenvalue weighted by molar-refractivity contribution is -0.152. The van der Waals surface area contributed by atoms with Crippen molar-refractivity contribution in [3.8, 4) is 0 Å². The molecule has 0 bridgehead atoms. The predicted molar refractivity (Wildman–Crippen MR) is 132 cm³/mol. The van der Waals surface area contributed by atoms with Gasteiger partial charge in [-0.3, -0.25) is 0 Å². The van der Waals surface area contributed by atoms with E-state index in [0.717, 1.165) is 12.1 Å². The minimum Gasteiger partial charge on any atom is -0.467 e. The highest BCUT2D eigenvalue weighted by Crippen LogP contribution is 2.30. The lowest BCUT2D eigenvalue weighted by Crippen LogP contribution is -2.36. The van der Waals surface area contributed by atoms with Crippen molar-refractivity contribution in [3.05, 3.63) is 46.9 Å². The Hall–Kier alpha value is -3.78. The molecule has 0 saturated carbocycles. The van der Waals surface area contributed by atoms with Crippen LogP contribution in [0.5, 0.6) is 0 Å². The fourth-order valence-corrected chi connectivity index (χ4v) is 4.29. The van der Waals surface area contributed by atoms with E-state index < -0.39 is 51.1 Å². The van der Waals surface area contributed by atoms with Gasteiger partial charge >= 0.3 is 24.0 Å². The van der Waals surface area contributed by atoms with Gasteiger partial charge < -0.3 is 28.7 Å². The van der Waals surface area contributed by atoms with Crippen LogP contribution in [0.15, 0.2) is 39.8 Å². The summed E-state index contributed by atoms with van der Waals surface area (Å²) in [6.45, 7) is 5.74. The highest BCUT2D eigenvalue weighted by atomic mass is 35.5. The normalized spacial score (nSPS) is 12.6. The number of halogens is 1. The van der Waals surface area contributed by atoms with E-state index in [4.69, 9.17) is 35.0 Å². The lowest BCUT2D eigenvalue weighted by Gasteiger charge is -2.17. The second kappa shape index (κ2) is 13.7. The van der Waals surface area contributed by atoms with Gasteiger partial charge in [0.25, 0.3) is 10.0 Å². The molecule has 2 N–H and O–H groups in total. The first kappa shape index (κ1) is 30.4. The van der Waals surface area contributed by atoms with Crippen LogP contribution in [-0.4, -0.2) is 57.8 Å². The third kappa shape index (κ3) is 8.38. The first-order valence-corrected chi connectivity index (χ1v) is 13.1. The van der Waals surface area contributed by atoms with Crippen LogP contribution in [0.25, 0.3) is 0 Å². The Kier molecular flexibility index (Phi) is 11.0. The number of carbonyl (C=O) groups is 4. The molecule has 0 aliphatic carbocycles. The first-order valence-electron chi connectivity index (χ1n) is 11.3. The summed E-state index contributed by atoms with van der Waals surface area (Å²) in [6, 6.07) is 5.28. The minimum atomic E-state index is -4.71. The smallest absolute Gasteiger partial charge is 0.422 e. The molecular weight excluding hydrogens is 548 g/mol. The molecule has 0 saturated heterocycles. The van der Waals surface area contributed by atoms with Crippen LogP contribution in [0.3, 0.4) is 0 Å². The summed E-state index contributed by atoms with van der Waals surface area (Å²) in [4.78, 5) is 48.0. The third-order valence-electron chi connectivity index (χ3n) is 4.64. The number of carbonyl (C=O) groups excluding carboxylic acids is 4. The van der Waals surface area contributed by atoms with E-state index in [1.165, 1.54) is 20.1 Å². The Balaban J connectivity index is 2.36. The molecule has 2 rings (SSSR count). The number of hydrogen-bond donors (Lipinski definition) is 2. The van der Waals surface area contributed by atoms with Gasteiger partial charge in [0.1, 0.15) is 10.7 Å². The molecule has 2 atom stereocenters. The molecule has 2 unspecified atom stereocenters. The highest BCUT2D eigenvalue weighted by molar-refractivity contribution is 7.90. The van der Waals surface area contributed by atoms with E-state index in [-0.39, 0.29) is 36.0 Å². The van der Waals surface area contributed by atoms with Crippen LogP contribution in [0.4, 0.5) is 10.5 Å². The van der Waals surface area contributed by atoms with E-state index in [1.807, 2.05) is 0 Å². The number of sulfonamides is 1. The summed E-state index contributed by atoms with van der Waals surface area (Å²) in [7, 11) is -4.71. The van der Waals surface area contributed by atoms with E-state index in [0.29, 0.717) is 5.76 Å². The van der Waals surface area contributed by atoms with Crippen LogP contribution in [0.2, 0.25) is 5.02 Å². The molecule has 1 amide bonds. The van der Waals surface area contributed by atoms with Gasteiger partial charge in [-0.25, -0.2) is 32.3 Å². The van der Waals surface area contributed by atoms with Crippen LogP contribution < -0.4 is 10.0 Å². The van der Waals surface area contributed by atoms with Crippen molar-refractivity contribution in [2.24, 2.45) is 0 Å². The molecule has 13 nitrogen and oxygen atoms in total. The highest BCUT2D eigenvalue weighted by Gasteiger charge is 2.29. The number of benzene rings is 1. The van der Waals surface area contributed by atoms with Crippen LogP contribution in [-0.2, 0) is 45.1 Å². The van der Waals surface area contributed by atoms with Gasteiger partial charge in [-0.2, -0.15) is 0 Å². The zero-order valence-electron chi connectivity index (χ0n) is 20.9. The van der Waals surface area contributed by atoms with E-state index in [1.54, 1.807) is 30.7 Å². The van der Waals surface area contributed by atoms with Gasteiger partial charge in [0.05, 0.1) is 42.3 Å². The minimum absolute atomic E-state index is 0.0238. The predicted octanol–water partition coefficient (Wildman–Crippen LogP) is 3.02. The molecule has 1 heterocycles. The van der Waals surface area contributed by atoms with E-state index in [9.17, 15) is 27.6 Å². The number of furan rings is 1. The SMILES string of the molecule is CCOC(=O)C(C)OC(=O)NS(=O)(=O)c1cc(C(=O)OC(C)C(=O)OCC)c(NCc2ccco2)cc1Cl. The van der Waals surface area contributed by atoms with Crippen molar-refractivity contribution in [2.45, 2.75) is 51.3 Å². The van der Waals surface area contributed by atoms with Gasteiger partial charge in [0.2, 0.25) is 0 Å². The Bertz CT molecular complexity index is 1260. The largest absolute Gasteiger partial charge is 0.467 e. The third-order valence-corrected chi connectivity index (χ3v) is 6.41. The van der Waals surface area contributed by atoms with Gasteiger partial charge in [0, 0.05) is 0 Å². The summed E-state index contributed by atoms with van der Waals surface area (Å²) in [5, 5.41) is 2.51. The maximum atomic E-state index is 12.9. The van der Waals surface area contributed by atoms with Crippen LogP contribution in [0.1, 0.15) is 43.8 Å². The van der Waals surface area contributed by atoms with Gasteiger partial charge in [-0.05, 0) is 52.0 Å². The van der Waals surface area contributed by atoms with Crippen molar-refractivity contribution in [1.82, 2.24) is 4.72 Å². The molecule has 38 heavy (non-hydrogen) atoms. The topological polar surface area (TPSA) is 177 Å². The van der Waals surface area contributed by atoms with Gasteiger partial charge in [-0.15, -0.1) is 0 Å². The van der Waals surface area contributed by atoms with Crippen LogP contribution >= 0.6 is 11.6 Å². The van der Waals surface area contributed by atoms with E-state index in [2.05, 4.69) is 5.32 Å². The molecule has 1 aromatic heterocycles. The monoisotopic (exact) mass is 574 g/mol. The average molecular weight is 575 g/mol. The fraction of sp³-hybridized carbons (Fsp3) is 0.391. The average Bonchev–Trinajstić information content (AvgIpc) is 3.36. The van der Waals surface area contributed by atoms with Crippen molar-refractivity contribution in [3.63, 3.8) is 0 Å². The second-order valence-corrected chi connectivity index (χ2v) is 9.52. The Labute approximate surface area is 223 Å². The maximum Gasteiger partial charge on any atom is 0.422 e. The summed E-state index contributed by atoms with van der Waals surface area (Å²) >= 11 is 6.19. The summed E-state index contributed by atoms with van der Waals surface area (Å²) in [6.07, 6.45) is -2.76. The summed E-state index contributed by atoms with van der Waals surface area (Å²) in [5.41, 5.74) is -0.282. The van der Waals surface area contributed by atoms with Crippen molar-refractivity contribution >= 4 is 51.3 Å². The molecule has 1 aromatic carbocycles. The first-order chi connectivity index (χ1) is 17.9. The Morgan fingerprint density at radius 1 is 1.00 bits per heavy atom. The van der Waals surface area contributed by atoms with Crippen molar-refractivity contribution < 1.29 is 51.0 Å². The van der Waals surface area contributed by atoms with Crippen molar-refractivity contribution in [2.75, 3.05) is 18.5 Å². The van der Waals surface area contributed by atoms with Gasteiger partial charge in [0.15, 0.2) is 12.2 Å². The van der Waals surface area contributed by atoms with Crippen molar-refractivity contribution in [1.29, 1.82) is 0 Å². The zero-order valence-corrected chi connectivity index (χ0v) is 22.5. The molecule has 2 aromatic rings. The number of nitrogens with one attached hydrogen (secondary N) is 2. The fourth-order valence-electron chi connectivity index (χ4n) is 2.86. The number of rotatable bonds is 12. The van der Waals surface area contributed by atoms with Gasteiger partial charge in [-0.1, -0.05) is 11.6 Å². The molecule has 15 heteroatoms. The molecular formula is C23H27ClN2O11S. The number of ether oxygens (including phenoxy) is 4. The summed E-state index contributed by atoms with van der Waals surface area (Å²) in [5.74, 6) is -2.30. The van der Waals surface area contributed by atoms with Crippen LogP contribution in [0, 0.1) is 0 Å². The van der Waals surface area contributed by atoms with E-state index >= 15 is 0 Å². The lowest BCUT2D eigenvalue weighted by atomic mass is 10.1.